The molecule has 8 heteroatoms. The van der Waals surface area contributed by atoms with Gasteiger partial charge in [-0.05, 0) is 37.6 Å². The first kappa shape index (κ1) is 25.1. The number of amides is 2. The fourth-order valence-electron chi connectivity index (χ4n) is 3.62. The number of hydrogen-bond donors (Lipinski definition) is 2. The van der Waals surface area contributed by atoms with Crippen LogP contribution in [0.1, 0.15) is 29.8 Å². The largest absolute Gasteiger partial charge is 0.454 e. The molecule has 2 aromatic carbocycles. The van der Waals surface area contributed by atoms with Crippen molar-refractivity contribution in [3.8, 4) is 0 Å². The van der Waals surface area contributed by atoms with Gasteiger partial charge < -0.3 is 19.9 Å². The molecule has 0 radical (unpaired) electrons. The van der Waals surface area contributed by atoms with Gasteiger partial charge in [0.15, 0.2) is 6.61 Å². The molecule has 0 fully saturated rings. The summed E-state index contributed by atoms with van der Waals surface area (Å²) in [6.45, 7) is 7.91. The van der Waals surface area contributed by atoms with E-state index in [4.69, 9.17) is 16.3 Å². The number of nitrogens with zero attached hydrogens (tertiary/aromatic N) is 1. The Labute approximate surface area is 203 Å². The summed E-state index contributed by atoms with van der Waals surface area (Å²) in [6.07, 6.45) is 1.97. The standard InChI is InChI=1S/C26H28ClN3O4/c1-4-30(15-17(2)3)24(31)16-34-26(33)23(29-25(32)20-10-5-7-11-21(20)27)13-18-14-28-22-12-8-6-9-19(18)22/h5-12,14,23,28H,2,4,13,15-16H2,1,3H3,(H,29,32). The molecule has 34 heavy (non-hydrogen) atoms. The van der Waals surface area contributed by atoms with Crippen LogP contribution in [0.15, 0.2) is 66.9 Å². The summed E-state index contributed by atoms with van der Waals surface area (Å²) < 4.78 is 5.34. The first-order valence-corrected chi connectivity index (χ1v) is 11.4. The quantitative estimate of drug-likeness (QED) is 0.336. The number of H-pyrrole nitrogens is 1. The first-order chi connectivity index (χ1) is 16.3. The fourth-order valence-corrected chi connectivity index (χ4v) is 3.84. The lowest BCUT2D eigenvalue weighted by atomic mass is 10.0. The van der Waals surface area contributed by atoms with Gasteiger partial charge in [0.1, 0.15) is 6.04 Å². The Bertz CT molecular complexity index is 1200. The summed E-state index contributed by atoms with van der Waals surface area (Å²) >= 11 is 6.16. The average Bonchev–Trinajstić information content (AvgIpc) is 3.23. The summed E-state index contributed by atoms with van der Waals surface area (Å²) in [5, 5.41) is 3.93. The smallest absolute Gasteiger partial charge is 0.329 e. The predicted molar refractivity (Wildman–Crippen MR) is 133 cm³/mol. The molecule has 2 amide bonds. The number of aromatic amines is 1. The van der Waals surface area contributed by atoms with E-state index in [2.05, 4.69) is 16.9 Å². The van der Waals surface area contributed by atoms with E-state index in [1.165, 1.54) is 0 Å². The molecule has 3 aromatic rings. The Morgan fingerprint density at radius 1 is 1.15 bits per heavy atom. The summed E-state index contributed by atoms with van der Waals surface area (Å²) in [4.78, 5) is 43.1. The number of esters is 1. The van der Waals surface area contributed by atoms with Crippen molar-refractivity contribution >= 4 is 40.3 Å². The molecule has 0 saturated carbocycles. The van der Waals surface area contributed by atoms with Gasteiger partial charge in [0, 0.05) is 36.6 Å². The molecule has 0 bridgehead atoms. The van der Waals surface area contributed by atoms with Gasteiger partial charge in [0.2, 0.25) is 0 Å². The molecular weight excluding hydrogens is 454 g/mol. The summed E-state index contributed by atoms with van der Waals surface area (Å²) in [6, 6.07) is 13.2. The molecule has 2 N–H and O–H groups in total. The lowest BCUT2D eigenvalue weighted by molar-refractivity contribution is -0.153. The number of fused-ring (bicyclic) bond motifs is 1. The molecule has 1 heterocycles. The normalized spacial score (nSPS) is 11.6. The van der Waals surface area contributed by atoms with E-state index in [0.29, 0.717) is 13.1 Å². The SMILES string of the molecule is C=C(C)CN(CC)C(=O)COC(=O)C(Cc1c[nH]c2ccccc12)NC(=O)c1ccccc1Cl. The Kier molecular flexibility index (Phi) is 8.49. The molecule has 1 unspecified atom stereocenters. The second kappa shape index (κ2) is 11.5. The molecule has 0 aliphatic rings. The van der Waals surface area contributed by atoms with Crippen molar-refractivity contribution in [3.63, 3.8) is 0 Å². The number of carbonyl (C=O) groups is 3. The van der Waals surface area contributed by atoms with Gasteiger partial charge in [-0.25, -0.2) is 4.79 Å². The highest BCUT2D eigenvalue weighted by Crippen LogP contribution is 2.20. The van der Waals surface area contributed by atoms with E-state index in [1.807, 2.05) is 38.1 Å². The van der Waals surface area contributed by atoms with Crippen molar-refractivity contribution in [1.29, 1.82) is 0 Å². The van der Waals surface area contributed by atoms with Crippen molar-refractivity contribution in [2.24, 2.45) is 0 Å². The van der Waals surface area contributed by atoms with Crippen LogP contribution in [-0.4, -0.2) is 53.4 Å². The Morgan fingerprint density at radius 3 is 2.56 bits per heavy atom. The van der Waals surface area contributed by atoms with Crippen molar-refractivity contribution in [3.05, 3.63) is 83.0 Å². The first-order valence-electron chi connectivity index (χ1n) is 11.0. The highest BCUT2D eigenvalue weighted by molar-refractivity contribution is 6.33. The molecule has 178 valence electrons. The second-order valence-electron chi connectivity index (χ2n) is 8.04. The molecule has 3 rings (SSSR count). The van der Waals surface area contributed by atoms with Gasteiger partial charge in [0.05, 0.1) is 10.6 Å². The van der Waals surface area contributed by atoms with E-state index >= 15 is 0 Å². The van der Waals surface area contributed by atoms with Gasteiger partial charge in [-0.3, -0.25) is 9.59 Å². The van der Waals surface area contributed by atoms with Crippen molar-refractivity contribution < 1.29 is 19.1 Å². The summed E-state index contributed by atoms with van der Waals surface area (Å²) in [5.74, 6) is -1.54. The highest BCUT2D eigenvalue weighted by atomic mass is 35.5. The summed E-state index contributed by atoms with van der Waals surface area (Å²) in [5.41, 5.74) is 2.82. The van der Waals surface area contributed by atoms with Gasteiger partial charge in [-0.1, -0.05) is 54.1 Å². The van der Waals surface area contributed by atoms with Crippen molar-refractivity contribution in [1.82, 2.24) is 15.2 Å². The molecule has 1 aromatic heterocycles. The van der Waals surface area contributed by atoms with E-state index < -0.39 is 24.5 Å². The third-order valence-corrected chi connectivity index (χ3v) is 5.67. The molecule has 0 aliphatic carbocycles. The fraction of sp³-hybridized carbons (Fsp3) is 0.269. The monoisotopic (exact) mass is 481 g/mol. The second-order valence-corrected chi connectivity index (χ2v) is 8.45. The molecule has 0 aliphatic heterocycles. The lowest BCUT2D eigenvalue weighted by Gasteiger charge is -2.22. The van der Waals surface area contributed by atoms with Gasteiger partial charge in [-0.2, -0.15) is 0 Å². The number of hydrogen-bond acceptors (Lipinski definition) is 4. The lowest BCUT2D eigenvalue weighted by Crippen LogP contribution is -2.45. The average molecular weight is 482 g/mol. The topological polar surface area (TPSA) is 91.5 Å². The van der Waals surface area contributed by atoms with Crippen LogP contribution in [0.2, 0.25) is 5.02 Å². The summed E-state index contributed by atoms with van der Waals surface area (Å²) in [7, 11) is 0. The number of rotatable bonds is 10. The number of para-hydroxylation sites is 1. The number of benzene rings is 2. The minimum absolute atomic E-state index is 0.177. The van der Waals surface area contributed by atoms with Crippen LogP contribution >= 0.6 is 11.6 Å². The Balaban J connectivity index is 1.78. The highest BCUT2D eigenvalue weighted by Gasteiger charge is 2.26. The zero-order chi connectivity index (χ0) is 24.7. The van der Waals surface area contributed by atoms with Gasteiger partial charge >= 0.3 is 5.97 Å². The maximum absolute atomic E-state index is 13.0. The zero-order valence-corrected chi connectivity index (χ0v) is 20.0. The number of nitrogens with one attached hydrogen (secondary N) is 2. The number of ether oxygens (including phenoxy) is 1. The third kappa shape index (κ3) is 6.26. The maximum atomic E-state index is 13.0. The molecule has 1 atom stereocenters. The Morgan fingerprint density at radius 2 is 1.85 bits per heavy atom. The number of aromatic nitrogens is 1. The van der Waals surface area contributed by atoms with E-state index in [-0.39, 0.29) is 22.9 Å². The van der Waals surface area contributed by atoms with Crippen LogP contribution in [0.4, 0.5) is 0 Å². The predicted octanol–water partition coefficient (Wildman–Crippen LogP) is 4.13. The number of halogens is 1. The van der Waals surface area contributed by atoms with Crippen LogP contribution in [-0.2, 0) is 20.7 Å². The zero-order valence-electron chi connectivity index (χ0n) is 19.3. The molecule has 7 nitrogen and oxygen atoms in total. The minimum Gasteiger partial charge on any atom is -0.454 e. The third-order valence-electron chi connectivity index (χ3n) is 5.34. The van der Waals surface area contributed by atoms with E-state index in [1.54, 1.807) is 35.4 Å². The number of likely N-dealkylation sites (N-methyl/N-ethyl adjacent to an activating group) is 1. The van der Waals surface area contributed by atoms with Crippen LogP contribution in [0.3, 0.4) is 0 Å². The maximum Gasteiger partial charge on any atom is 0.329 e. The van der Waals surface area contributed by atoms with Gasteiger partial charge in [-0.15, -0.1) is 0 Å². The van der Waals surface area contributed by atoms with Crippen molar-refractivity contribution in [2.45, 2.75) is 26.3 Å². The Hall–Kier alpha value is -3.58. The van der Waals surface area contributed by atoms with E-state index in [0.717, 1.165) is 22.0 Å². The van der Waals surface area contributed by atoms with E-state index in [9.17, 15) is 14.4 Å². The molecular formula is C26H28ClN3O4. The van der Waals surface area contributed by atoms with Gasteiger partial charge in [0.25, 0.3) is 11.8 Å². The van der Waals surface area contributed by atoms with Crippen LogP contribution < -0.4 is 5.32 Å². The van der Waals surface area contributed by atoms with Crippen LogP contribution in [0.5, 0.6) is 0 Å². The van der Waals surface area contributed by atoms with Crippen molar-refractivity contribution in [2.75, 3.05) is 19.7 Å². The number of carbonyl (C=O) groups excluding carboxylic acids is 3. The molecule has 0 saturated heterocycles. The van der Waals surface area contributed by atoms with Crippen LogP contribution in [0, 0.1) is 0 Å². The molecule has 0 spiro atoms. The minimum atomic E-state index is -1.02. The van der Waals surface area contributed by atoms with Crippen LogP contribution in [0.25, 0.3) is 10.9 Å².